The minimum atomic E-state index is -0.546. The fourth-order valence-electron chi connectivity index (χ4n) is 4.33. The van der Waals surface area contributed by atoms with Crippen molar-refractivity contribution in [2.45, 2.75) is 31.6 Å². The van der Waals surface area contributed by atoms with E-state index >= 15 is 0 Å². The second-order valence-corrected chi connectivity index (χ2v) is 7.58. The van der Waals surface area contributed by atoms with E-state index in [2.05, 4.69) is 15.0 Å². The van der Waals surface area contributed by atoms with Crippen molar-refractivity contribution in [2.24, 2.45) is 5.92 Å². The van der Waals surface area contributed by atoms with Gasteiger partial charge in [0, 0.05) is 11.8 Å². The van der Waals surface area contributed by atoms with Crippen molar-refractivity contribution in [3.8, 4) is 0 Å². The maximum absolute atomic E-state index is 12.9. The van der Waals surface area contributed by atoms with Crippen molar-refractivity contribution in [2.75, 3.05) is 12.4 Å². The molecule has 2 aromatic rings. The molecule has 2 N–H and O–H groups in total. The van der Waals surface area contributed by atoms with E-state index < -0.39 is 5.97 Å². The molecule has 6 nitrogen and oxygen atoms in total. The van der Waals surface area contributed by atoms with Crippen molar-refractivity contribution < 1.29 is 14.3 Å². The number of aromatic amines is 1. The Bertz CT molecular complexity index is 998. The minimum absolute atomic E-state index is 0.182. The number of fused-ring (bicyclic) bond motifs is 4. The fourth-order valence-corrected chi connectivity index (χ4v) is 4.59. The maximum Gasteiger partial charge on any atom is 0.339 e. The molecule has 1 amide bonds. The highest BCUT2D eigenvalue weighted by atomic mass is 35.5. The van der Waals surface area contributed by atoms with E-state index in [9.17, 15) is 14.4 Å². The van der Waals surface area contributed by atoms with Crippen molar-refractivity contribution in [1.29, 1.82) is 0 Å². The van der Waals surface area contributed by atoms with E-state index in [1.54, 1.807) is 12.1 Å². The lowest BCUT2D eigenvalue weighted by Crippen LogP contribution is -2.26. The van der Waals surface area contributed by atoms with Crippen LogP contribution in [0.1, 0.15) is 57.2 Å². The normalized spacial score (nSPS) is 20.1. The van der Waals surface area contributed by atoms with Gasteiger partial charge in [0.2, 0.25) is 5.56 Å². The zero-order chi connectivity index (χ0) is 19.1. The Morgan fingerprint density at radius 2 is 2.07 bits per heavy atom. The standard InChI is InChI=1S/C20H19ClN2O4/c1-27-20(26)14-5-4-13(9-15(14)21)22-19(25)18-17-11-3-2-10(6-11)7-12(17)8-16(24)23-18/h4-5,8-11H,2-3,6-7H2,1H3,(H,22,25)(H,23,24). The number of halogens is 1. The van der Waals surface area contributed by atoms with Crippen LogP contribution in [0.25, 0.3) is 0 Å². The molecule has 27 heavy (non-hydrogen) atoms. The van der Waals surface area contributed by atoms with E-state index in [1.165, 1.54) is 19.2 Å². The molecule has 1 heterocycles. The van der Waals surface area contributed by atoms with Gasteiger partial charge in [0.05, 0.1) is 17.7 Å². The first kappa shape index (κ1) is 17.8. The van der Waals surface area contributed by atoms with Crippen LogP contribution in [0.2, 0.25) is 5.02 Å². The van der Waals surface area contributed by atoms with Gasteiger partial charge >= 0.3 is 5.97 Å². The number of aromatic nitrogens is 1. The third-order valence-electron chi connectivity index (χ3n) is 5.49. The second-order valence-electron chi connectivity index (χ2n) is 7.17. The minimum Gasteiger partial charge on any atom is -0.465 e. The smallest absolute Gasteiger partial charge is 0.339 e. The molecular formula is C20H19ClN2O4. The third kappa shape index (κ3) is 3.25. The molecule has 4 rings (SSSR count). The number of carbonyl (C=O) groups is 2. The molecule has 1 aromatic carbocycles. The summed E-state index contributed by atoms with van der Waals surface area (Å²) >= 11 is 6.11. The number of rotatable bonds is 3. The number of hydrogen-bond acceptors (Lipinski definition) is 4. The highest BCUT2D eigenvalue weighted by molar-refractivity contribution is 6.34. The summed E-state index contributed by atoms with van der Waals surface area (Å²) in [6.07, 6.45) is 4.11. The topological polar surface area (TPSA) is 88.3 Å². The summed E-state index contributed by atoms with van der Waals surface area (Å²) in [6.45, 7) is 0. The van der Waals surface area contributed by atoms with Gasteiger partial charge in [-0.2, -0.15) is 0 Å². The average molecular weight is 387 g/mol. The number of carbonyl (C=O) groups excluding carboxylic acids is 2. The molecule has 1 saturated carbocycles. The molecule has 7 heteroatoms. The highest BCUT2D eigenvalue weighted by Crippen LogP contribution is 2.46. The van der Waals surface area contributed by atoms with Gasteiger partial charge in [-0.25, -0.2) is 4.79 Å². The van der Waals surface area contributed by atoms with Gasteiger partial charge in [0.1, 0.15) is 5.69 Å². The number of nitrogens with one attached hydrogen (secondary N) is 2. The summed E-state index contributed by atoms with van der Waals surface area (Å²) in [5.41, 5.74) is 2.69. The van der Waals surface area contributed by atoms with E-state index in [1.807, 2.05) is 0 Å². The van der Waals surface area contributed by atoms with Crippen molar-refractivity contribution in [1.82, 2.24) is 4.98 Å². The third-order valence-corrected chi connectivity index (χ3v) is 5.80. The SMILES string of the molecule is COC(=O)c1ccc(NC(=O)c2[nH]c(=O)cc3c2C2CCC(C3)C2)cc1Cl. The van der Waals surface area contributed by atoms with Crippen LogP contribution in [-0.2, 0) is 11.2 Å². The summed E-state index contributed by atoms with van der Waals surface area (Å²) in [4.78, 5) is 39.3. The van der Waals surface area contributed by atoms with Gasteiger partial charge in [-0.05, 0) is 66.8 Å². The average Bonchev–Trinajstić information content (AvgIpc) is 3.02. The van der Waals surface area contributed by atoms with Gasteiger partial charge in [0.15, 0.2) is 0 Å². The molecule has 0 radical (unpaired) electrons. The molecule has 1 aromatic heterocycles. The Hall–Kier alpha value is -2.60. The number of hydrogen-bond donors (Lipinski definition) is 2. The van der Waals surface area contributed by atoms with Crippen molar-refractivity contribution in [3.63, 3.8) is 0 Å². The summed E-state index contributed by atoms with van der Waals surface area (Å²) in [5, 5.41) is 2.96. The van der Waals surface area contributed by atoms with E-state index in [4.69, 9.17) is 11.6 Å². The van der Waals surface area contributed by atoms with Crippen LogP contribution in [0.4, 0.5) is 5.69 Å². The molecular weight excluding hydrogens is 368 g/mol. The lowest BCUT2D eigenvalue weighted by atomic mass is 9.82. The lowest BCUT2D eigenvalue weighted by Gasteiger charge is -2.24. The Labute approximate surface area is 160 Å². The van der Waals surface area contributed by atoms with Crippen LogP contribution in [0.15, 0.2) is 29.1 Å². The molecule has 2 aliphatic rings. The van der Waals surface area contributed by atoms with E-state index in [-0.39, 0.29) is 22.1 Å². The number of H-pyrrole nitrogens is 1. The molecule has 2 unspecified atom stereocenters. The van der Waals surface area contributed by atoms with Gasteiger partial charge in [-0.15, -0.1) is 0 Å². The largest absolute Gasteiger partial charge is 0.465 e. The monoisotopic (exact) mass is 386 g/mol. The Morgan fingerprint density at radius 1 is 1.26 bits per heavy atom. The zero-order valence-electron chi connectivity index (χ0n) is 14.8. The molecule has 2 bridgehead atoms. The number of anilines is 1. The van der Waals surface area contributed by atoms with E-state index in [0.717, 1.165) is 36.8 Å². The molecule has 2 aliphatic carbocycles. The molecule has 140 valence electrons. The number of amides is 1. The predicted octanol–water partition coefficient (Wildman–Crippen LogP) is 3.51. The van der Waals surface area contributed by atoms with Gasteiger partial charge in [-0.1, -0.05) is 11.6 Å². The number of esters is 1. The van der Waals surface area contributed by atoms with E-state index in [0.29, 0.717) is 23.2 Å². The quantitative estimate of drug-likeness (QED) is 0.790. The predicted molar refractivity (Wildman–Crippen MR) is 102 cm³/mol. The number of pyridine rings is 1. The molecule has 0 saturated heterocycles. The lowest BCUT2D eigenvalue weighted by molar-refractivity contribution is 0.0601. The Kier molecular flexibility index (Phi) is 4.52. The van der Waals surface area contributed by atoms with Gasteiger partial charge < -0.3 is 15.0 Å². The van der Waals surface area contributed by atoms with Crippen LogP contribution in [0.5, 0.6) is 0 Å². The summed E-state index contributed by atoms with van der Waals surface area (Å²) < 4.78 is 4.66. The van der Waals surface area contributed by atoms with Crippen LogP contribution < -0.4 is 10.9 Å². The van der Waals surface area contributed by atoms with Gasteiger partial charge in [0.25, 0.3) is 5.91 Å². The summed E-state index contributed by atoms with van der Waals surface area (Å²) in [6, 6.07) is 6.19. The first-order valence-electron chi connectivity index (χ1n) is 8.91. The highest BCUT2D eigenvalue weighted by Gasteiger charge is 2.36. The second kappa shape index (κ2) is 6.85. The van der Waals surface area contributed by atoms with Gasteiger partial charge in [-0.3, -0.25) is 9.59 Å². The number of ether oxygens (including phenoxy) is 1. The number of benzene rings is 1. The molecule has 0 aliphatic heterocycles. The molecule has 2 atom stereocenters. The van der Waals surface area contributed by atoms with Crippen LogP contribution in [0.3, 0.4) is 0 Å². The summed E-state index contributed by atoms with van der Waals surface area (Å²) in [5.74, 6) is 0.0119. The first-order valence-corrected chi connectivity index (χ1v) is 9.29. The zero-order valence-corrected chi connectivity index (χ0v) is 15.6. The van der Waals surface area contributed by atoms with Crippen LogP contribution >= 0.6 is 11.6 Å². The Morgan fingerprint density at radius 3 is 2.81 bits per heavy atom. The molecule has 0 spiro atoms. The van der Waals surface area contributed by atoms with Crippen LogP contribution in [0, 0.1) is 5.92 Å². The molecule has 1 fully saturated rings. The maximum atomic E-state index is 12.9. The number of methoxy groups -OCH3 is 1. The first-order chi connectivity index (χ1) is 13.0. The van der Waals surface area contributed by atoms with Crippen molar-refractivity contribution >= 4 is 29.2 Å². The van der Waals surface area contributed by atoms with Crippen molar-refractivity contribution in [3.05, 3.63) is 62.0 Å². The summed E-state index contributed by atoms with van der Waals surface area (Å²) in [7, 11) is 1.27. The Balaban J connectivity index is 1.65. The van der Waals surface area contributed by atoms with Crippen LogP contribution in [-0.4, -0.2) is 24.0 Å². The fraction of sp³-hybridized carbons (Fsp3) is 0.350.